The Balaban J connectivity index is 1.15. The maximum Gasteiger partial charge on any atom is 0.305 e. The van der Waals surface area contributed by atoms with Gasteiger partial charge in [0.1, 0.15) is 6.61 Å². The Morgan fingerprint density at radius 1 is 0.407 bits per heavy atom. The molecule has 0 saturated carbocycles. The number of nitrogens with zero attached hydrogens (tertiary/aromatic N) is 1. The maximum atomic E-state index is 12.3. The molecule has 19 nitrogen and oxygen atoms in total. The molecule has 59 heavy (non-hydrogen) atoms. The molecule has 0 unspecified atom stereocenters. The van der Waals surface area contributed by atoms with Gasteiger partial charge in [0.15, 0.2) is 0 Å². The van der Waals surface area contributed by atoms with Crippen LogP contribution in [0.25, 0.3) is 0 Å². The molecule has 0 saturated heterocycles. The van der Waals surface area contributed by atoms with Gasteiger partial charge in [-0.2, -0.15) is 0 Å². The van der Waals surface area contributed by atoms with Gasteiger partial charge in [-0.25, -0.2) is 0 Å². The highest BCUT2D eigenvalue weighted by Crippen LogP contribution is 2.21. The lowest BCUT2D eigenvalue weighted by Crippen LogP contribution is -2.33. The molecule has 0 aromatic heterocycles. The summed E-state index contributed by atoms with van der Waals surface area (Å²) < 4.78 is 70.5. The molecule has 0 atom stereocenters. The van der Waals surface area contributed by atoms with Crippen LogP contribution in [-0.2, 0) is 71.2 Å². The predicted molar refractivity (Wildman–Crippen MR) is 209 cm³/mol. The third-order valence-electron chi connectivity index (χ3n) is 7.94. The second-order valence-corrected chi connectivity index (χ2v) is 12.5. The van der Waals surface area contributed by atoms with Crippen LogP contribution >= 0.6 is 0 Å². The second kappa shape index (κ2) is 37.8. The van der Waals surface area contributed by atoms with Crippen molar-refractivity contribution in [2.75, 3.05) is 172 Å². The van der Waals surface area contributed by atoms with Crippen molar-refractivity contribution >= 4 is 23.8 Å². The first kappa shape index (κ1) is 52.0. The number of carbonyl (C=O) groups excluding carboxylic acids is 3. The van der Waals surface area contributed by atoms with E-state index in [1.54, 1.807) is 24.3 Å². The molecule has 1 aromatic rings. The summed E-state index contributed by atoms with van der Waals surface area (Å²) in [6.07, 6.45) is 1.21. The molecule has 2 amide bonds. The fraction of sp³-hybridized carbons (Fsp3) is 0.750. The number of fused-ring (bicyclic) bond motifs is 1. The summed E-state index contributed by atoms with van der Waals surface area (Å²) in [5, 5.41) is 8.56. The smallest absolute Gasteiger partial charge is 0.305 e. The molecule has 0 radical (unpaired) electrons. The summed E-state index contributed by atoms with van der Waals surface area (Å²) in [5.41, 5.74) is 0.869. The first-order valence-electron chi connectivity index (χ1n) is 20.3. The Morgan fingerprint density at radius 2 is 0.678 bits per heavy atom. The van der Waals surface area contributed by atoms with E-state index in [1.165, 1.54) is 4.90 Å². The zero-order valence-electron chi connectivity index (χ0n) is 34.4. The Bertz CT molecular complexity index is 1190. The molecule has 1 heterocycles. The lowest BCUT2D eigenvalue weighted by atomic mass is 10.1. The molecule has 1 aromatic carbocycles. The molecule has 338 valence electrons. The van der Waals surface area contributed by atoms with Crippen LogP contribution in [0, 0.1) is 0 Å². The van der Waals surface area contributed by atoms with Crippen LogP contribution in [0.2, 0.25) is 0 Å². The van der Waals surface area contributed by atoms with Gasteiger partial charge in [-0.3, -0.25) is 24.1 Å². The third kappa shape index (κ3) is 28.8. The van der Waals surface area contributed by atoms with Gasteiger partial charge < -0.3 is 66.7 Å². The topological polar surface area (TPSA) is 212 Å². The van der Waals surface area contributed by atoms with Crippen LogP contribution < -0.4 is 0 Å². The zero-order valence-corrected chi connectivity index (χ0v) is 34.4. The molecule has 0 spiro atoms. The van der Waals surface area contributed by atoms with Crippen LogP contribution in [0.1, 0.15) is 46.4 Å². The summed E-state index contributed by atoms with van der Waals surface area (Å²) in [6.45, 7) is 10.6. The lowest BCUT2D eigenvalue weighted by molar-refractivity contribution is -0.146. The van der Waals surface area contributed by atoms with Crippen molar-refractivity contribution in [3.05, 3.63) is 35.4 Å². The Morgan fingerprint density at radius 3 is 0.983 bits per heavy atom. The number of carbonyl (C=O) groups is 4. The van der Waals surface area contributed by atoms with Crippen LogP contribution in [-0.4, -0.2) is 205 Å². The highest BCUT2D eigenvalue weighted by molar-refractivity contribution is 6.21. The van der Waals surface area contributed by atoms with E-state index in [0.717, 1.165) is 0 Å². The Hall–Kier alpha value is -3.18. The van der Waals surface area contributed by atoms with Gasteiger partial charge >= 0.3 is 11.9 Å². The molecule has 1 aliphatic rings. The van der Waals surface area contributed by atoms with E-state index in [4.69, 9.17) is 66.7 Å². The number of hydrogen-bond donors (Lipinski definition) is 1. The number of rotatable bonds is 44. The van der Waals surface area contributed by atoms with Crippen molar-refractivity contribution < 1.29 is 85.9 Å². The number of ether oxygens (including phenoxy) is 13. The Kier molecular flexibility index (Phi) is 33.3. The van der Waals surface area contributed by atoms with E-state index in [-0.39, 0.29) is 57.0 Å². The van der Waals surface area contributed by atoms with Crippen LogP contribution in [0.4, 0.5) is 0 Å². The normalized spacial score (nSPS) is 12.4. The van der Waals surface area contributed by atoms with Crippen molar-refractivity contribution in [2.24, 2.45) is 0 Å². The minimum atomic E-state index is -0.868. The van der Waals surface area contributed by atoms with Crippen LogP contribution in [0.3, 0.4) is 0 Å². The van der Waals surface area contributed by atoms with Crippen molar-refractivity contribution in [3.8, 4) is 0 Å². The van der Waals surface area contributed by atoms with Gasteiger partial charge in [0.2, 0.25) is 0 Å². The molecule has 19 heteroatoms. The highest BCUT2D eigenvalue weighted by Gasteiger charge is 2.34. The summed E-state index contributed by atoms with van der Waals surface area (Å²) in [6, 6.07) is 6.80. The lowest BCUT2D eigenvalue weighted by Gasteiger charge is -2.13. The zero-order chi connectivity index (χ0) is 42.3. The standard InChI is InChI=1S/C40H65NO18/c42-37(43)7-3-4-8-38(44)59-34-33-58-32-31-57-30-29-56-28-27-55-26-25-54-24-23-53-22-21-52-20-19-51-18-17-50-16-15-49-14-13-48-12-11-47-10-9-41-39(45)35-5-1-2-6-36(35)40(41)46/h1-2,5-6H,3-4,7-34H2,(H,42,43). The molecule has 0 aliphatic carbocycles. The molecule has 1 N–H and O–H groups in total. The fourth-order valence-corrected chi connectivity index (χ4v) is 4.95. The molecular formula is C40H65NO18. The maximum absolute atomic E-state index is 12.3. The van der Waals surface area contributed by atoms with Gasteiger partial charge in [-0.1, -0.05) is 12.1 Å². The van der Waals surface area contributed by atoms with Gasteiger partial charge in [-0.15, -0.1) is 0 Å². The minimum Gasteiger partial charge on any atom is -0.481 e. The van der Waals surface area contributed by atoms with Crippen molar-refractivity contribution in [3.63, 3.8) is 0 Å². The van der Waals surface area contributed by atoms with E-state index >= 15 is 0 Å². The van der Waals surface area contributed by atoms with Crippen LogP contribution in [0.5, 0.6) is 0 Å². The minimum absolute atomic E-state index is 0.0534. The van der Waals surface area contributed by atoms with Crippen molar-refractivity contribution in [2.45, 2.75) is 25.7 Å². The summed E-state index contributed by atoms with van der Waals surface area (Å²) >= 11 is 0. The molecule has 0 fully saturated rings. The molecule has 1 aliphatic heterocycles. The quantitative estimate of drug-likeness (QED) is 0.0562. The van der Waals surface area contributed by atoms with Gasteiger partial charge in [0, 0.05) is 12.8 Å². The van der Waals surface area contributed by atoms with Gasteiger partial charge in [-0.05, 0) is 25.0 Å². The third-order valence-corrected chi connectivity index (χ3v) is 7.94. The van der Waals surface area contributed by atoms with Gasteiger partial charge in [0.25, 0.3) is 11.8 Å². The summed E-state index contributed by atoms with van der Waals surface area (Å²) in [4.78, 5) is 47.8. The van der Waals surface area contributed by atoms with Gasteiger partial charge in [0.05, 0.1) is 176 Å². The van der Waals surface area contributed by atoms with E-state index in [0.29, 0.717) is 169 Å². The summed E-state index contributed by atoms with van der Waals surface area (Å²) in [5.74, 6) is -1.79. The first-order valence-corrected chi connectivity index (χ1v) is 20.3. The number of carboxylic acid groups (broad SMARTS) is 1. The molecular weight excluding hydrogens is 782 g/mol. The number of esters is 1. The number of hydrogen-bond acceptors (Lipinski definition) is 17. The predicted octanol–water partition coefficient (Wildman–Crippen LogP) is 1.67. The fourth-order valence-electron chi connectivity index (χ4n) is 4.95. The van der Waals surface area contributed by atoms with E-state index in [1.807, 2.05) is 0 Å². The number of unbranched alkanes of at least 4 members (excludes halogenated alkanes) is 1. The molecule has 0 bridgehead atoms. The Labute approximate surface area is 347 Å². The highest BCUT2D eigenvalue weighted by atomic mass is 16.6. The second-order valence-electron chi connectivity index (χ2n) is 12.5. The number of amides is 2. The first-order chi connectivity index (χ1) is 29.0. The number of aliphatic carboxylic acids is 1. The average Bonchev–Trinajstić information content (AvgIpc) is 3.47. The van der Waals surface area contributed by atoms with Crippen molar-refractivity contribution in [1.29, 1.82) is 0 Å². The van der Waals surface area contributed by atoms with E-state index < -0.39 is 5.97 Å². The van der Waals surface area contributed by atoms with E-state index in [9.17, 15) is 19.2 Å². The average molecular weight is 848 g/mol. The number of imide groups is 1. The van der Waals surface area contributed by atoms with E-state index in [2.05, 4.69) is 0 Å². The van der Waals surface area contributed by atoms with Crippen LogP contribution in [0.15, 0.2) is 24.3 Å². The number of benzene rings is 1. The summed E-state index contributed by atoms with van der Waals surface area (Å²) in [7, 11) is 0. The number of carboxylic acids is 1. The van der Waals surface area contributed by atoms with Crippen molar-refractivity contribution in [1.82, 2.24) is 4.90 Å². The monoisotopic (exact) mass is 847 g/mol. The SMILES string of the molecule is O=C(O)CCCCC(=O)OCCOCCOCCOCCOCCOCCOCCOCCOCCOCCOCCOCCOCCN1C(=O)c2ccccc2C1=O. The molecule has 2 rings (SSSR count). The largest absolute Gasteiger partial charge is 0.481 e.